The number of likely N-dealkylation sites (N-methyl/N-ethyl adjacent to an activating group) is 1. The molecule has 0 amide bonds. The summed E-state index contributed by atoms with van der Waals surface area (Å²) < 4.78 is 0. The Morgan fingerprint density at radius 3 is 2.28 bits per heavy atom. The first-order valence-electron chi connectivity index (χ1n) is 7.73. The van der Waals surface area contributed by atoms with Crippen molar-refractivity contribution in [1.29, 1.82) is 0 Å². The molecular weight excluding hydrogens is 222 g/mol. The first kappa shape index (κ1) is 14.3. The van der Waals surface area contributed by atoms with E-state index < -0.39 is 0 Å². The molecule has 0 aromatic rings. The van der Waals surface area contributed by atoms with Crippen LogP contribution < -0.4 is 0 Å². The number of piperidine rings is 1. The fraction of sp³-hybridized carbons (Fsp3) is 1.00. The summed E-state index contributed by atoms with van der Waals surface area (Å²) in [5.74, 6) is 0.799. The van der Waals surface area contributed by atoms with Gasteiger partial charge in [0.1, 0.15) is 0 Å². The summed E-state index contributed by atoms with van der Waals surface area (Å²) in [6.07, 6.45) is 2.75. The largest absolute Gasteiger partial charge is 0.304 e. The number of nitrogens with zero attached hydrogens (tertiary/aromatic N) is 3. The Hall–Kier alpha value is -0.120. The van der Waals surface area contributed by atoms with Gasteiger partial charge in [-0.05, 0) is 39.3 Å². The molecular formula is C15H31N3. The Kier molecular flexibility index (Phi) is 5.05. The maximum absolute atomic E-state index is 2.74. The van der Waals surface area contributed by atoms with E-state index in [0.717, 1.165) is 18.0 Å². The van der Waals surface area contributed by atoms with Crippen molar-refractivity contribution in [2.24, 2.45) is 5.92 Å². The Labute approximate surface area is 113 Å². The Morgan fingerprint density at radius 1 is 1.06 bits per heavy atom. The third-order valence-electron chi connectivity index (χ3n) is 4.64. The van der Waals surface area contributed by atoms with Gasteiger partial charge in [-0.2, -0.15) is 0 Å². The third-order valence-corrected chi connectivity index (χ3v) is 4.64. The normalized spacial score (nSPS) is 33.2. The van der Waals surface area contributed by atoms with Gasteiger partial charge in [0.15, 0.2) is 0 Å². The minimum Gasteiger partial charge on any atom is -0.304 e. The lowest BCUT2D eigenvalue weighted by Gasteiger charge is -2.45. The first-order chi connectivity index (χ1) is 8.56. The Morgan fingerprint density at radius 2 is 1.72 bits per heavy atom. The highest BCUT2D eigenvalue weighted by Gasteiger charge is 2.30. The van der Waals surface area contributed by atoms with E-state index in [4.69, 9.17) is 0 Å². The van der Waals surface area contributed by atoms with Crippen LogP contribution in [0.3, 0.4) is 0 Å². The van der Waals surface area contributed by atoms with Crippen molar-refractivity contribution in [3.05, 3.63) is 0 Å². The molecule has 0 N–H and O–H groups in total. The highest BCUT2D eigenvalue weighted by atomic mass is 15.3. The van der Waals surface area contributed by atoms with Crippen molar-refractivity contribution in [1.82, 2.24) is 14.7 Å². The van der Waals surface area contributed by atoms with Gasteiger partial charge in [0.05, 0.1) is 0 Å². The van der Waals surface area contributed by atoms with Crippen LogP contribution in [-0.2, 0) is 0 Å². The number of piperazine rings is 1. The third kappa shape index (κ3) is 3.69. The quantitative estimate of drug-likeness (QED) is 0.758. The lowest BCUT2D eigenvalue weighted by molar-refractivity contribution is 0.0405. The minimum absolute atomic E-state index is 0.769. The van der Waals surface area contributed by atoms with Crippen LogP contribution in [0.2, 0.25) is 0 Å². The molecule has 3 heteroatoms. The van der Waals surface area contributed by atoms with E-state index in [9.17, 15) is 0 Å². The summed E-state index contributed by atoms with van der Waals surface area (Å²) in [7, 11) is 2.24. The van der Waals surface area contributed by atoms with Crippen molar-refractivity contribution >= 4 is 0 Å². The molecule has 0 bridgehead atoms. The van der Waals surface area contributed by atoms with Crippen molar-refractivity contribution in [2.45, 2.75) is 45.7 Å². The van der Waals surface area contributed by atoms with E-state index in [2.05, 4.69) is 42.5 Å². The molecule has 0 radical (unpaired) electrons. The van der Waals surface area contributed by atoms with E-state index in [1.54, 1.807) is 0 Å². The molecule has 0 aromatic heterocycles. The van der Waals surface area contributed by atoms with E-state index in [1.165, 1.54) is 52.1 Å². The molecule has 2 rings (SSSR count). The molecule has 0 spiro atoms. The average molecular weight is 253 g/mol. The van der Waals surface area contributed by atoms with Crippen LogP contribution in [0.1, 0.15) is 33.6 Å². The van der Waals surface area contributed by atoms with Crippen molar-refractivity contribution in [3.8, 4) is 0 Å². The fourth-order valence-corrected chi connectivity index (χ4v) is 3.45. The SMILES string of the molecule is CC(C)CN1CCC(N2CCN(C)CC2)C[C@@H]1C. The average Bonchev–Trinajstić information content (AvgIpc) is 2.32. The lowest BCUT2D eigenvalue weighted by Crippen LogP contribution is -2.54. The van der Waals surface area contributed by atoms with Crippen LogP contribution in [0, 0.1) is 5.92 Å². The van der Waals surface area contributed by atoms with Crippen LogP contribution in [-0.4, -0.2) is 73.1 Å². The number of rotatable bonds is 3. The maximum atomic E-state index is 2.74. The number of hydrogen-bond donors (Lipinski definition) is 0. The van der Waals surface area contributed by atoms with Crippen LogP contribution in [0.5, 0.6) is 0 Å². The molecule has 0 saturated carbocycles. The molecule has 0 aliphatic carbocycles. The smallest absolute Gasteiger partial charge is 0.0123 e. The van der Waals surface area contributed by atoms with Crippen LogP contribution in [0.15, 0.2) is 0 Å². The van der Waals surface area contributed by atoms with E-state index in [0.29, 0.717) is 0 Å². The molecule has 3 nitrogen and oxygen atoms in total. The second-order valence-electron chi connectivity index (χ2n) is 6.76. The minimum atomic E-state index is 0.769. The van der Waals surface area contributed by atoms with E-state index >= 15 is 0 Å². The Balaban J connectivity index is 1.80. The fourth-order valence-electron chi connectivity index (χ4n) is 3.45. The highest BCUT2D eigenvalue weighted by Crippen LogP contribution is 2.23. The molecule has 2 aliphatic heterocycles. The second-order valence-corrected chi connectivity index (χ2v) is 6.76. The lowest BCUT2D eigenvalue weighted by atomic mass is 9.95. The zero-order valence-corrected chi connectivity index (χ0v) is 12.7. The first-order valence-corrected chi connectivity index (χ1v) is 7.73. The van der Waals surface area contributed by atoms with Gasteiger partial charge in [0, 0.05) is 44.8 Å². The van der Waals surface area contributed by atoms with Gasteiger partial charge in [-0.1, -0.05) is 13.8 Å². The zero-order valence-electron chi connectivity index (χ0n) is 12.7. The predicted molar refractivity (Wildman–Crippen MR) is 78.0 cm³/mol. The molecule has 2 aliphatic rings. The maximum Gasteiger partial charge on any atom is 0.0123 e. The zero-order chi connectivity index (χ0) is 13.1. The van der Waals surface area contributed by atoms with E-state index in [1.807, 2.05) is 0 Å². The highest BCUT2D eigenvalue weighted by molar-refractivity contribution is 4.86. The van der Waals surface area contributed by atoms with Gasteiger partial charge in [0.2, 0.25) is 0 Å². The summed E-state index contributed by atoms with van der Waals surface area (Å²) in [5, 5.41) is 0. The standard InChI is InChI=1S/C15H31N3/c1-13(2)12-18-6-5-15(11-14(18)3)17-9-7-16(4)8-10-17/h13-15H,5-12H2,1-4H3/t14-,15?/m0/s1. The van der Waals surface area contributed by atoms with Gasteiger partial charge >= 0.3 is 0 Å². The molecule has 2 atom stereocenters. The predicted octanol–water partition coefficient (Wildman–Crippen LogP) is 1.74. The molecule has 2 heterocycles. The van der Waals surface area contributed by atoms with Crippen LogP contribution in [0.4, 0.5) is 0 Å². The summed E-state index contributed by atoms with van der Waals surface area (Å²) in [5.41, 5.74) is 0. The van der Waals surface area contributed by atoms with Gasteiger partial charge in [0.25, 0.3) is 0 Å². The van der Waals surface area contributed by atoms with Crippen molar-refractivity contribution < 1.29 is 0 Å². The van der Waals surface area contributed by atoms with Gasteiger partial charge in [-0.3, -0.25) is 4.90 Å². The monoisotopic (exact) mass is 253 g/mol. The van der Waals surface area contributed by atoms with Crippen LogP contribution >= 0.6 is 0 Å². The van der Waals surface area contributed by atoms with Gasteiger partial charge in [-0.15, -0.1) is 0 Å². The Bertz CT molecular complexity index is 246. The molecule has 0 aromatic carbocycles. The van der Waals surface area contributed by atoms with Gasteiger partial charge in [-0.25, -0.2) is 0 Å². The topological polar surface area (TPSA) is 9.72 Å². The molecule has 106 valence electrons. The molecule has 2 fully saturated rings. The number of likely N-dealkylation sites (tertiary alicyclic amines) is 1. The second kappa shape index (κ2) is 6.36. The van der Waals surface area contributed by atoms with E-state index in [-0.39, 0.29) is 0 Å². The van der Waals surface area contributed by atoms with Crippen LogP contribution in [0.25, 0.3) is 0 Å². The van der Waals surface area contributed by atoms with Crippen molar-refractivity contribution in [2.75, 3.05) is 46.3 Å². The summed E-state index contributed by atoms with van der Waals surface area (Å²) in [6.45, 7) is 14.7. The van der Waals surface area contributed by atoms with Gasteiger partial charge < -0.3 is 9.80 Å². The van der Waals surface area contributed by atoms with Crippen molar-refractivity contribution in [3.63, 3.8) is 0 Å². The molecule has 2 saturated heterocycles. The molecule has 1 unspecified atom stereocenters. The summed E-state index contributed by atoms with van der Waals surface area (Å²) >= 11 is 0. The number of hydrogen-bond acceptors (Lipinski definition) is 3. The molecule has 18 heavy (non-hydrogen) atoms. The summed E-state index contributed by atoms with van der Waals surface area (Å²) in [6, 6.07) is 1.61. The summed E-state index contributed by atoms with van der Waals surface area (Å²) in [4.78, 5) is 7.88.